The molecule has 0 unspecified atom stereocenters. The van der Waals surface area contributed by atoms with Crippen LogP contribution < -0.4 is 10.1 Å². The van der Waals surface area contributed by atoms with Crippen LogP contribution in [0.2, 0.25) is 0 Å². The van der Waals surface area contributed by atoms with Crippen LogP contribution in [0.1, 0.15) is 22.3 Å². The highest BCUT2D eigenvalue weighted by Gasteiger charge is 2.30. The SMILES string of the molecule is CS(=O)(=O)c1cc(NC(=O)c2ccc(CCCSc3ccc(OC(F)(F)F)cc3)cc2)ccc1O. The average molecular weight is 526 g/mol. The van der Waals surface area contributed by atoms with Crippen molar-refractivity contribution in [3.63, 3.8) is 0 Å². The van der Waals surface area contributed by atoms with E-state index in [4.69, 9.17) is 0 Å². The lowest BCUT2D eigenvalue weighted by molar-refractivity contribution is -0.274. The fourth-order valence-electron chi connectivity index (χ4n) is 3.12. The molecule has 0 aromatic heterocycles. The zero-order valence-corrected chi connectivity index (χ0v) is 20.1. The fraction of sp³-hybridized carbons (Fsp3) is 0.208. The number of hydrogen-bond acceptors (Lipinski definition) is 6. The summed E-state index contributed by atoms with van der Waals surface area (Å²) in [4.78, 5) is 13.1. The minimum atomic E-state index is -4.71. The van der Waals surface area contributed by atoms with Gasteiger partial charge in [-0.05, 0) is 78.8 Å². The van der Waals surface area contributed by atoms with Gasteiger partial charge in [0, 0.05) is 22.4 Å². The predicted molar refractivity (Wildman–Crippen MR) is 128 cm³/mol. The molecule has 35 heavy (non-hydrogen) atoms. The number of nitrogens with one attached hydrogen (secondary N) is 1. The second kappa shape index (κ2) is 11.0. The topological polar surface area (TPSA) is 92.7 Å². The molecule has 1 amide bonds. The first-order chi connectivity index (χ1) is 16.4. The maximum Gasteiger partial charge on any atom is 0.573 e. The molecule has 0 aliphatic heterocycles. The number of sulfone groups is 1. The summed E-state index contributed by atoms with van der Waals surface area (Å²) in [6.45, 7) is 0. The Labute approximate surface area is 205 Å². The van der Waals surface area contributed by atoms with E-state index in [-0.39, 0.29) is 22.1 Å². The summed E-state index contributed by atoms with van der Waals surface area (Å²) in [7, 11) is -3.65. The number of rotatable bonds is 9. The summed E-state index contributed by atoms with van der Waals surface area (Å²) >= 11 is 1.52. The van der Waals surface area contributed by atoms with Gasteiger partial charge in [-0.1, -0.05) is 12.1 Å². The Balaban J connectivity index is 1.48. The van der Waals surface area contributed by atoms with E-state index in [2.05, 4.69) is 10.1 Å². The Morgan fingerprint density at radius 3 is 2.29 bits per heavy atom. The number of ether oxygens (including phenoxy) is 1. The number of hydrogen-bond donors (Lipinski definition) is 2. The van der Waals surface area contributed by atoms with Crippen LogP contribution in [-0.4, -0.2) is 37.8 Å². The molecule has 3 aromatic rings. The maximum atomic E-state index is 12.5. The summed E-state index contributed by atoms with van der Waals surface area (Å²) in [6.07, 6.45) is -2.18. The molecule has 0 atom stereocenters. The van der Waals surface area contributed by atoms with E-state index in [1.165, 1.54) is 42.1 Å². The summed E-state index contributed by atoms with van der Waals surface area (Å²) in [6, 6.07) is 16.5. The van der Waals surface area contributed by atoms with Crippen LogP contribution in [0.3, 0.4) is 0 Å². The minimum Gasteiger partial charge on any atom is -0.507 e. The monoisotopic (exact) mass is 525 g/mol. The largest absolute Gasteiger partial charge is 0.573 e. The Bertz CT molecular complexity index is 1280. The van der Waals surface area contributed by atoms with E-state index < -0.39 is 22.1 Å². The van der Waals surface area contributed by atoms with Gasteiger partial charge in [-0.25, -0.2) is 8.42 Å². The smallest absolute Gasteiger partial charge is 0.507 e. The lowest BCUT2D eigenvalue weighted by atomic mass is 10.1. The number of aromatic hydroxyl groups is 1. The molecule has 0 aliphatic carbocycles. The van der Waals surface area contributed by atoms with Crippen LogP contribution in [0.15, 0.2) is 76.5 Å². The Kier molecular flexibility index (Phi) is 8.34. The van der Waals surface area contributed by atoms with E-state index in [1.807, 2.05) is 12.1 Å². The van der Waals surface area contributed by atoms with Gasteiger partial charge in [0.25, 0.3) is 5.91 Å². The highest BCUT2D eigenvalue weighted by atomic mass is 32.2. The molecule has 0 saturated carbocycles. The van der Waals surface area contributed by atoms with Crippen molar-refractivity contribution < 1.29 is 36.2 Å². The van der Waals surface area contributed by atoms with Crippen molar-refractivity contribution >= 4 is 33.2 Å². The molecular formula is C24H22F3NO5S2. The third-order valence-corrected chi connectivity index (χ3v) is 6.99. The standard InChI is InChI=1S/C24H22F3NO5S2/c1-35(31,32)22-15-18(8-13-21(22)29)28-23(30)17-6-4-16(5-7-17)3-2-14-34-20-11-9-19(10-12-20)33-24(25,26)27/h4-13,15,29H,2-3,14H2,1H3,(H,28,30). The summed E-state index contributed by atoms with van der Waals surface area (Å²) in [5, 5.41) is 12.3. The second-order valence-corrected chi connectivity index (χ2v) is 10.7. The molecule has 3 aromatic carbocycles. The molecule has 3 rings (SSSR count). The van der Waals surface area contributed by atoms with Gasteiger partial charge < -0.3 is 15.2 Å². The zero-order valence-electron chi connectivity index (χ0n) is 18.5. The van der Waals surface area contributed by atoms with Gasteiger partial charge in [0.15, 0.2) is 9.84 Å². The highest BCUT2D eigenvalue weighted by Crippen LogP contribution is 2.27. The number of anilines is 1. The fourth-order valence-corrected chi connectivity index (χ4v) is 4.76. The number of carbonyl (C=O) groups is 1. The highest BCUT2D eigenvalue weighted by molar-refractivity contribution is 7.99. The predicted octanol–water partition coefficient (Wildman–Crippen LogP) is 5.67. The molecule has 0 aliphatic rings. The molecule has 0 heterocycles. The van der Waals surface area contributed by atoms with Crippen molar-refractivity contribution in [3.05, 3.63) is 77.9 Å². The van der Waals surface area contributed by atoms with Gasteiger partial charge >= 0.3 is 6.36 Å². The average Bonchev–Trinajstić information content (AvgIpc) is 2.77. The Morgan fingerprint density at radius 2 is 1.69 bits per heavy atom. The number of phenols is 1. The van der Waals surface area contributed by atoms with Crippen molar-refractivity contribution in [2.24, 2.45) is 0 Å². The van der Waals surface area contributed by atoms with Crippen LogP contribution in [0, 0.1) is 0 Å². The number of amides is 1. The number of aryl methyl sites for hydroxylation is 1. The molecule has 0 spiro atoms. The third-order valence-electron chi connectivity index (χ3n) is 4.77. The first kappa shape index (κ1) is 26.4. The van der Waals surface area contributed by atoms with Gasteiger partial charge in [-0.2, -0.15) is 0 Å². The number of halogens is 3. The van der Waals surface area contributed by atoms with E-state index >= 15 is 0 Å². The molecule has 0 saturated heterocycles. The van der Waals surface area contributed by atoms with Crippen LogP contribution in [-0.2, 0) is 16.3 Å². The van der Waals surface area contributed by atoms with Gasteiger partial charge in [0.1, 0.15) is 16.4 Å². The lowest BCUT2D eigenvalue weighted by Crippen LogP contribution is -2.16. The minimum absolute atomic E-state index is 0.243. The molecule has 11 heteroatoms. The van der Waals surface area contributed by atoms with Gasteiger partial charge in [0.2, 0.25) is 0 Å². The van der Waals surface area contributed by atoms with Crippen LogP contribution in [0.25, 0.3) is 0 Å². The van der Waals surface area contributed by atoms with E-state index in [0.29, 0.717) is 5.56 Å². The van der Waals surface area contributed by atoms with Crippen molar-refractivity contribution in [3.8, 4) is 11.5 Å². The van der Waals surface area contributed by atoms with Gasteiger partial charge in [0.05, 0.1) is 0 Å². The van der Waals surface area contributed by atoms with Crippen molar-refractivity contribution in [2.45, 2.75) is 29.0 Å². The number of benzene rings is 3. The van der Waals surface area contributed by atoms with Crippen LogP contribution >= 0.6 is 11.8 Å². The molecule has 0 radical (unpaired) electrons. The van der Waals surface area contributed by atoms with Crippen LogP contribution in [0.4, 0.5) is 18.9 Å². The number of alkyl halides is 3. The number of carbonyl (C=O) groups excluding carboxylic acids is 1. The third kappa shape index (κ3) is 8.22. The van der Waals surface area contributed by atoms with Crippen molar-refractivity contribution in [1.82, 2.24) is 0 Å². The van der Waals surface area contributed by atoms with Crippen molar-refractivity contribution in [2.75, 3.05) is 17.3 Å². The molecule has 2 N–H and O–H groups in total. The van der Waals surface area contributed by atoms with E-state index in [0.717, 1.165) is 35.3 Å². The quantitative estimate of drug-likeness (QED) is 0.212. The van der Waals surface area contributed by atoms with Crippen LogP contribution in [0.5, 0.6) is 11.5 Å². The van der Waals surface area contributed by atoms with E-state index in [9.17, 15) is 31.5 Å². The second-order valence-electron chi connectivity index (χ2n) is 7.58. The molecule has 6 nitrogen and oxygen atoms in total. The normalized spacial score (nSPS) is 11.8. The first-order valence-electron chi connectivity index (χ1n) is 10.3. The lowest BCUT2D eigenvalue weighted by Gasteiger charge is -2.09. The maximum absolute atomic E-state index is 12.5. The first-order valence-corrected chi connectivity index (χ1v) is 13.2. The summed E-state index contributed by atoms with van der Waals surface area (Å²) in [5.41, 5.74) is 1.64. The summed E-state index contributed by atoms with van der Waals surface area (Å²) < 4.78 is 63.9. The van der Waals surface area contributed by atoms with Crippen molar-refractivity contribution in [1.29, 1.82) is 0 Å². The molecule has 0 bridgehead atoms. The number of phenolic OH excluding ortho intramolecular Hbond substituents is 1. The molecular weight excluding hydrogens is 503 g/mol. The molecule has 0 fully saturated rings. The number of thioether (sulfide) groups is 1. The van der Waals surface area contributed by atoms with Gasteiger partial charge in [-0.3, -0.25) is 4.79 Å². The summed E-state index contributed by atoms with van der Waals surface area (Å²) in [5.74, 6) is -0.312. The van der Waals surface area contributed by atoms with E-state index in [1.54, 1.807) is 24.3 Å². The van der Waals surface area contributed by atoms with Gasteiger partial charge in [-0.15, -0.1) is 24.9 Å². The molecule has 186 valence electrons. The Morgan fingerprint density at radius 1 is 1.03 bits per heavy atom. The Hall–Kier alpha value is -3.18. The zero-order chi connectivity index (χ0) is 25.6.